The van der Waals surface area contributed by atoms with E-state index in [0.717, 1.165) is 54.9 Å². The number of hydrogen-bond donors (Lipinski definition) is 3. The number of nitrogens with one attached hydrogen (secondary N) is 3. The van der Waals surface area contributed by atoms with Crippen molar-refractivity contribution in [2.45, 2.75) is 46.1 Å². The van der Waals surface area contributed by atoms with Crippen LogP contribution in [0.2, 0.25) is 0 Å². The molecule has 2 aliphatic rings. The van der Waals surface area contributed by atoms with Crippen molar-refractivity contribution in [3.63, 3.8) is 0 Å². The van der Waals surface area contributed by atoms with E-state index in [-0.39, 0.29) is 23.8 Å². The average molecular weight is 497 g/mol. The first-order chi connectivity index (χ1) is 17.8. The third kappa shape index (κ3) is 4.81. The molecule has 3 amide bonds. The number of aromatic amines is 1. The van der Waals surface area contributed by atoms with Gasteiger partial charge in [-0.2, -0.15) is 0 Å². The van der Waals surface area contributed by atoms with Gasteiger partial charge in [0.05, 0.1) is 17.2 Å². The Hall–Kier alpha value is -4.13. The summed E-state index contributed by atoms with van der Waals surface area (Å²) in [5, 5.41) is 5.92. The Kier molecular flexibility index (Phi) is 6.70. The van der Waals surface area contributed by atoms with Gasteiger partial charge in [-0.25, -0.2) is 0 Å². The molecule has 0 aliphatic carbocycles. The van der Waals surface area contributed by atoms with E-state index in [4.69, 9.17) is 0 Å². The fourth-order valence-corrected chi connectivity index (χ4v) is 5.22. The van der Waals surface area contributed by atoms with Gasteiger partial charge in [0.25, 0.3) is 17.7 Å². The fourth-order valence-electron chi connectivity index (χ4n) is 5.22. The molecule has 0 unspecified atom stereocenters. The van der Waals surface area contributed by atoms with E-state index in [1.54, 1.807) is 24.3 Å². The zero-order valence-corrected chi connectivity index (χ0v) is 21.5. The van der Waals surface area contributed by atoms with E-state index in [9.17, 15) is 14.4 Å². The lowest BCUT2D eigenvalue weighted by Crippen LogP contribution is -2.36. The van der Waals surface area contributed by atoms with Crippen molar-refractivity contribution in [3.8, 4) is 0 Å². The summed E-state index contributed by atoms with van der Waals surface area (Å²) in [7, 11) is 0. The molecule has 1 fully saturated rings. The molecule has 3 heterocycles. The molecule has 2 aliphatic heterocycles. The first kappa shape index (κ1) is 24.6. The summed E-state index contributed by atoms with van der Waals surface area (Å²) in [5.41, 5.74) is 6.30. The van der Waals surface area contributed by atoms with E-state index in [2.05, 4.69) is 15.6 Å². The molecular weight excluding hydrogens is 464 g/mol. The van der Waals surface area contributed by atoms with Crippen LogP contribution in [0.4, 0.5) is 5.69 Å². The zero-order chi connectivity index (χ0) is 26.1. The molecule has 37 heavy (non-hydrogen) atoms. The van der Waals surface area contributed by atoms with Crippen LogP contribution in [0.3, 0.4) is 0 Å². The van der Waals surface area contributed by atoms with Crippen LogP contribution >= 0.6 is 0 Å². The number of H-pyrrole nitrogens is 1. The molecule has 7 heteroatoms. The quantitative estimate of drug-likeness (QED) is 0.422. The van der Waals surface area contributed by atoms with Crippen LogP contribution in [0.5, 0.6) is 0 Å². The molecular formula is C30H32N4O3. The Balaban J connectivity index is 1.42. The van der Waals surface area contributed by atoms with Crippen LogP contribution in [0.15, 0.2) is 48.5 Å². The van der Waals surface area contributed by atoms with E-state index in [1.807, 2.05) is 56.0 Å². The monoisotopic (exact) mass is 496 g/mol. The zero-order valence-electron chi connectivity index (χ0n) is 21.5. The van der Waals surface area contributed by atoms with Crippen LogP contribution < -0.4 is 10.6 Å². The molecule has 1 aromatic heterocycles. The summed E-state index contributed by atoms with van der Waals surface area (Å²) in [6.45, 7) is 7.31. The lowest BCUT2D eigenvalue weighted by molar-refractivity contribution is -0.110. The van der Waals surface area contributed by atoms with Gasteiger partial charge in [0, 0.05) is 41.3 Å². The highest BCUT2D eigenvalue weighted by Crippen LogP contribution is 2.35. The van der Waals surface area contributed by atoms with Gasteiger partial charge in [-0.1, -0.05) is 30.3 Å². The number of piperidine rings is 1. The minimum Gasteiger partial charge on any atom is -0.358 e. The number of carbonyl (C=O) groups is 3. The Morgan fingerprint density at radius 3 is 2.49 bits per heavy atom. The van der Waals surface area contributed by atoms with Crippen LogP contribution in [-0.4, -0.2) is 40.7 Å². The number of rotatable bonds is 5. The van der Waals surface area contributed by atoms with Crippen molar-refractivity contribution in [2.75, 3.05) is 18.4 Å². The van der Waals surface area contributed by atoms with Crippen molar-refractivity contribution in [1.29, 1.82) is 0 Å². The van der Waals surface area contributed by atoms with Gasteiger partial charge < -0.3 is 20.5 Å². The number of nitrogens with zero attached hydrogens (tertiary/aromatic N) is 1. The number of likely N-dealkylation sites (tertiary alicyclic amines) is 1. The van der Waals surface area contributed by atoms with Gasteiger partial charge >= 0.3 is 0 Å². The van der Waals surface area contributed by atoms with Gasteiger partial charge in [-0.3, -0.25) is 14.4 Å². The number of aromatic nitrogens is 1. The summed E-state index contributed by atoms with van der Waals surface area (Å²) in [6.07, 6.45) is 5.00. The lowest BCUT2D eigenvalue weighted by atomic mass is 10.0. The second kappa shape index (κ2) is 10.1. The predicted octanol–water partition coefficient (Wildman–Crippen LogP) is 5.24. The van der Waals surface area contributed by atoms with Crippen LogP contribution in [0, 0.1) is 13.8 Å². The Morgan fingerprint density at radius 1 is 1.03 bits per heavy atom. The highest BCUT2D eigenvalue weighted by Gasteiger charge is 2.28. The first-order valence-corrected chi connectivity index (χ1v) is 12.8. The number of benzene rings is 2. The fraction of sp³-hybridized carbons (Fsp3) is 0.300. The second-order valence-electron chi connectivity index (χ2n) is 9.89. The summed E-state index contributed by atoms with van der Waals surface area (Å²) >= 11 is 0. The molecule has 0 spiro atoms. The van der Waals surface area contributed by atoms with Gasteiger partial charge in [-0.15, -0.1) is 0 Å². The number of hydrogen-bond acceptors (Lipinski definition) is 3. The number of aryl methyl sites for hydroxylation is 1. The minimum atomic E-state index is -0.235. The minimum absolute atomic E-state index is 0.0402. The van der Waals surface area contributed by atoms with Crippen molar-refractivity contribution in [2.24, 2.45) is 0 Å². The smallest absolute Gasteiger partial charge is 0.256 e. The third-order valence-corrected chi connectivity index (χ3v) is 7.33. The molecule has 7 nitrogen and oxygen atoms in total. The highest BCUT2D eigenvalue weighted by molar-refractivity contribution is 6.35. The molecule has 0 radical (unpaired) electrons. The molecule has 1 saturated heterocycles. The number of carbonyl (C=O) groups excluding carboxylic acids is 3. The molecule has 190 valence electrons. The molecule has 2 aromatic carbocycles. The topological polar surface area (TPSA) is 94.3 Å². The Bertz CT molecular complexity index is 1400. The average Bonchev–Trinajstić information content (AvgIpc) is 3.38. The number of amides is 3. The largest absolute Gasteiger partial charge is 0.358 e. The summed E-state index contributed by atoms with van der Waals surface area (Å²) in [6, 6.07) is 14.8. The van der Waals surface area contributed by atoms with Crippen LogP contribution in [0.25, 0.3) is 11.6 Å². The van der Waals surface area contributed by atoms with E-state index in [0.29, 0.717) is 28.0 Å². The third-order valence-electron chi connectivity index (χ3n) is 7.33. The summed E-state index contributed by atoms with van der Waals surface area (Å²) in [5.74, 6) is -0.404. The van der Waals surface area contributed by atoms with Crippen LogP contribution in [0.1, 0.15) is 81.0 Å². The summed E-state index contributed by atoms with van der Waals surface area (Å²) in [4.78, 5) is 44.4. The maximum absolute atomic E-state index is 13.2. The van der Waals surface area contributed by atoms with Crippen molar-refractivity contribution < 1.29 is 14.4 Å². The van der Waals surface area contributed by atoms with E-state index in [1.165, 1.54) is 0 Å². The van der Waals surface area contributed by atoms with Gasteiger partial charge in [0.2, 0.25) is 0 Å². The van der Waals surface area contributed by atoms with Crippen molar-refractivity contribution in [1.82, 2.24) is 15.2 Å². The molecule has 0 bridgehead atoms. The van der Waals surface area contributed by atoms with E-state index >= 15 is 0 Å². The molecule has 5 rings (SSSR count). The Morgan fingerprint density at radius 2 is 1.76 bits per heavy atom. The second-order valence-corrected chi connectivity index (χ2v) is 9.89. The van der Waals surface area contributed by atoms with Crippen molar-refractivity contribution >= 4 is 35.1 Å². The molecule has 1 atom stereocenters. The molecule has 3 N–H and O–H groups in total. The van der Waals surface area contributed by atoms with Gasteiger partial charge in [0.15, 0.2) is 0 Å². The Labute approximate surface area is 217 Å². The lowest BCUT2D eigenvalue weighted by Gasteiger charge is -2.27. The normalized spacial score (nSPS) is 16.9. The van der Waals surface area contributed by atoms with Crippen LogP contribution in [-0.2, 0) is 4.79 Å². The molecule has 0 saturated carbocycles. The SMILES string of the molecule is Cc1[nH]c(C=C2C(=O)Nc3ccc(C(=O)N[C@@H](C)c4ccccc4)cc32)c(C)c1C(=O)N1CCCCC1. The van der Waals surface area contributed by atoms with Gasteiger partial charge in [-0.05, 0) is 75.4 Å². The van der Waals surface area contributed by atoms with Crippen molar-refractivity contribution in [3.05, 3.63) is 87.7 Å². The van der Waals surface area contributed by atoms with E-state index < -0.39 is 0 Å². The number of fused-ring (bicyclic) bond motifs is 1. The maximum Gasteiger partial charge on any atom is 0.256 e. The first-order valence-electron chi connectivity index (χ1n) is 12.8. The molecule has 3 aromatic rings. The standard InChI is InChI=1S/C30H32N4O3/c1-18-26(31-20(3)27(18)30(37)34-14-8-5-9-15-34)17-24-23-16-22(12-13-25(23)33-29(24)36)28(35)32-19(2)21-10-6-4-7-11-21/h4,6-7,10-13,16-17,19,31H,5,8-9,14-15H2,1-3H3,(H,32,35)(H,33,36)/t19-/m0/s1. The maximum atomic E-state index is 13.2. The summed E-state index contributed by atoms with van der Waals surface area (Å²) < 4.78 is 0. The number of anilines is 1. The highest BCUT2D eigenvalue weighted by atomic mass is 16.2. The van der Waals surface area contributed by atoms with Gasteiger partial charge in [0.1, 0.15) is 0 Å². The predicted molar refractivity (Wildman–Crippen MR) is 145 cm³/mol.